The van der Waals surface area contributed by atoms with E-state index < -0.39 is 0 Å². The lowest BCUT2D eigenvalue weighted by atomic mass is 10.2. The molecule has 0 aliphatic rings. The van der Waals surface area contributed by atoms with Crippen molar-refractivity contribution in [1.82, 2.24) is 0 Å². The van der Waals surface area contributed by atoms with Crippen molar-refractivity contribution in [1.29, 1.82) is 0 Å². The number of alkyl halides is 1. The van der Waals surface area contributed by atoms with Crippen LogP contribution in [0.25, 0.3) is 0 Å². The van der Waals surface area contributed by atoms with E-state index in [1.807, 2.05) is 12.1 Å². The van der Waals surface area contributed by atoms with Gasteiger partial charge in [-0.3, -0.25) is 0 Å². The molecule has 0 amide bonds. The minimum absolute atomic E-state index is 0.771. The number of benzene rings is 1. The Hall–Kier alpha value is 0.940. The van der Waals surface area contributed by atoms with E-state index in [2.05, 4.69) is 63.7 Å². The second-order valence-corrected chi connectivity index (χ2v) is 7.42. The van der Waals surface area contributed by atoms with Crippen LogP contribution in [0.1, 0.15) is 32.1 Å². The molecule has 18 heavy (non-hydrogen) atoms. The summed E-state index contributed by atoms with van der Waals surface area (Å²) in [5.74, 6) is 0.888. The summed E-state index contributed by atoms with van der Waals surface area (Å²) in [5.41, 5.74) is 0. The maximum atomic E-state index is 5.81. The second-order valence-electron chi connectivity index (χ2n) is 4.00. The quantitative estimate of drug-likeness (QED) is 0.281. The van der Waals surface area contributed by atoms with E-state index in [-0.39, 0.29) is 0 Å². The highest BCUT2D eigenvalue weighted by atomic mass is 79.9. The van der Waals surface area contributed by atoms with E-state index >= 15 is 0 Å². The number of hydrogen-bond acceptors (Lipinski definition) is 1. The van der Waals surface area contributed by atoms with Gasteiger partial charge in [-0.1, -0.05) is 51.1 Å². The number of rotatable bonds is 8. The monoisotopic (exact) mass is 504 g/mol. The fraction of sp³-hybridized carbons (Fsp3) is 0.538. The molecule has 1 aromatic carbocycles. The van der Waals surface area contributed by atoms with E-state index in [1.54, 1.807) is 0 Å². The van der Waals surface area contributed by atoms with Gasteiger partial charge in [0.25, 0.3) is 0 Å². The van der Waals surface area contributed by atoms with Crippen LogP contribution in [0.3, 0.4) is 0 Å². The van der Waals surface area contributed by atoms with Gasteiger partial charge in [-0.2, -0.15) is 0 Å². The molecule has 0 heterocycles. The Morgan fingerprint density at radius 1 is 0.833 bits per heavy atom. The van der Waals surface area contributed by atoms with Gasteiger partial charge >= 0.3 is 0 Å². The molecule has 5 heteroatoms. The number of halogens is 4. The summed E-state index contributed by atoms with van der Waals surface area (Å²) in [5, 5.41) is 1.11. The molecule has 1 nitrogen and oxygen atoms in total. The molecular weight excluding hydrogens is 492 g/mol. The highest BCUT2D eigenvalue weighted by molar-refractivity contribution is 9.11. The molecule has 0 saturated carbocycles. The first-order valence-corrected chi connectivity index (χ1v) is 9.48. The Labute approximate surface area is 143 Å². The van der Waals surface area contributed by atoms with Crippen molar-refractivity contribution in [2.45, 2.75) is 32.1 Å². The number of unbranched alkanes of at least 4 members (excludes halogenated alkanes) is 4. The lowest BCUT2D eigenvalue weighted by Gasteiger charge is -2.10. The average molecular weight is 508 g/mol. The third-order valence-electron chi connectivity index (χ3n) is 2.49. The van der Waals surface area contributed by atoms with Crippen molar-refractivity contribution >= 4 is 63.7 Å². The van der Waals surface area contributed by atoms with Gasteiger partial charge in [-0.15, -0.1) is 0 Å². The average Bonchev–Trinajstić information content (AvgIpc) is 2.30. The molecule has 0 N–H and O–H groups in total. The molecule has 0 fully saturated rings. The van der Waals surface area contributed by atoms with Crippen LogP contribution in [-0.4, -0.2) is 11.9 Å². The van der Waals surface area contributed by atoms with E-state index in [4.69, 9.17) is 4.74 Å². The second kappa shape index (κ2) is 9.78. The molecule has 0 spiro atoms. The summed E-state index contributed by atoms with van der Waals surface area (Å²) >= 11 is 13.9. The van der Waals surface area contributed by atoms with Crippen molar-refractivity contribution in [2.24, 2.45) is 0 Å². The molecule has 0 saturated heterocycles. The first kappa shape index (κ1) is 17.0. The number of hydrogen-bond donors (Lipinski definition) is 0. The van der Waals surface area contributed by atoms with Crippen molar-refractivity contribution < 1.29 is 4.74 Å². The van der Waals surface area contributed by atoms with Crippen LogP contribution < -0.4 is 4.74 Å². The minimum atomic E-state index is 0.771. The molecule has 0 aromatic heterocycles. The Kier molecular flexibility index (Phi) is 9.24. The Balaban J connectivity index is 2.27. The summed E-state index contributed by atoms with van der Waals surface area (Å²) in [7, 11) is 0. The van der Waals surface area contributed by atoms with Crippen LogP contribution in [0.4, 0.5) is 0 Å². The molecular formula is C13H16Br4O. The zero-order valence-electron chi connectivity index (χ0n) is 10.0. The first-order chi connectivity index (χ1) is 8.65. The van der Waals surface area contributed by atoms with Crippen molar-refractivity contribution in [3.8, 4) is 5.75 Å². The van der Waals surface area contributed by atoms with Crippen LogP contribution >= 0.6 is 63.7 Å². The smallest absolute Gasteiger partial charge is 0.147 e. The minimum Gasteiger partial charge on any atom is -0.491 e. The van der Waals surface area contributed by atoms with Crippen LogP contribution in [0.2, 0.25) is 0 Å². The third-order valence-corrected chi connectivity index (χ3v) is 4.68. The Morgan fingerprint density at radius 3 is 2.00 bits per heavy atom. The van der Waals surface area contributed by atoms with Gasteiger partial charge in [0, 0.05) is 9.80 Å². The van der Waals surface area contributed by atoms with E-state index in [9.17, 15) is 0 Å². The van der Waals surface area contributed by atoms with Gasteiger partial charge in [0.1, 0.15) is 5.75 Å². The van der Waals surface area contributed by atoms with Crippen LogP contribution in [0, 0.1) is 0 Å². The molecule has 102 valence electrons. The lowest BCUT2D eigenvalue weighted by molar-refractivity contribution is 0.301. The summed E-state index contributed by atoms with van der Waals surface area (Å²) in [6.07, 6.45) is 6.20. The van der Waals surface area contributed by atoms with Crippen molar-refractivity contribution in [2.75, 3.05) is 11.9 Å². The summed E-state index contributed by atoms with van der Waals surface area (Å²) in [6.45, 7) is 0.771. The predicted octanol–water partition coefficient (Wildman–Crippen LogP) is 6.70. The highest BCUT2D eigenvalue weighted by Gasteiger charge is 2.07. The molecule has 1 aromatic rings. The van der Waals surface area contributed by atoms with Gasteiger partial charge in [-0.05, 0) is 56.8 Å². The molecule has 1 rings (SSSR count). The van der Waals surface area contributed by atoms with Crippen LogP contribution in [0.5, 0.6) is 5.75 Å². The molecule has 0 atom stereocenters. The number of ether oxygens (including phenoxy) is 1. The lowest BCUT2D eigenvalue weighted by Crippen LogP contribution is -1.99. The maximum absolute atomic E-state index is 5.81. The van der Waals surface area contributed by atoms with E-state index in [1.165, 1.54) is 25.7 Å². The van der Waals surface area contributed by atoms with Gasteiger partial charge in [-0.25, -0.2) is 0 Å². The zero-order valence-corrected chi connectivity index (χ0v) is 16.4. The zero-order chi connectivity index (χ0) is 13.4. The SMILES string of the molecule is BrCCCCCCCOc1c(Br)cc(Br)cc1Br. The third kappa shape index (κ3) is 6.40. The highest BCUT2D eigenvalue weighted by Crippen LogP contribution is 2.36. The van der Waals surface area contributed by atoms with Gasteiger partial charge in [0.15, 0.2) is 0 Å². The summed E-state index contributed by atoms with van der Waals surface area (Å²) in [6, 6.07) is 3.99. The van der Waals surface area contributed by atoms with Crippen LogP contribution in [0.15, 0.2) is 25.6 Å². The van der Waals surface area contributed by atoms with Crippen LogP contribution in [-0.2, 0) is 0 Å². The normalized spacial score (nSPS) is 10.7. The molecule has 0 radical (unpaired) electrons. The van der Waals surface area contributed by atoms with Crippen molar-refractivity contribution in [3.05, 3.63) is 25.6 Å². The molecule has 0 aliphatic carbocycles. The largest absolute Gasteiger partial charge is 0.491 e. The first-order valence-electron chi connectivity index (χ1n) is 5.98. The fourth-order valence-electron chi connectivity index (χ4n) is 1.57. The molecule has 0 aliphatic heterocycles. The standard InChI is InChI=1S/C13H16Br4O/c14-6-4-2-1-3-5-7-18-13-11(16)8-10(15)9-12(13)17/h8-9H,1-7H2. The fourth-order valence-corrected chi connectivity index (χ4v) is 4.45. The molecule has 0 bridgehead atoms. The van der Waals surface area contributed by atoms with Gasteiger partial charge in [0.05, 0.1) is 15.6 Å². The Bertz CT molecular complexity index is 345. The van der Waals surface area contributed by atoms with E-state index in [0.717, 1.165) is 37.5 Å². The predicted molar refractivity (Wildman–Crippen MR) is 91.9 cm³/mol. The molecule has 0 unspecified atom stereocenters. The maximum Gasteiger partial charge on any atom is 0.147 e. The topological polar surface area (TPSA) is 9.23 Å². The Morgan fingerprint density at radius 2 is 1.39 bits per heavy atom. The van der Waals surface area contributed by atoms with Crippen molar-refractivity contribution in [3.63, 3.8) is 0 Å². The van der Waals surface area contributed by atoms with Gasteiger partial charge < -0.3 is 4.74 Å². The van der Waals surface area contributed by atoms with Gasteiger partial charge in [0.2, 0.25) is 0 Å². The summed E-state index contributed by atoms with van der Waals surface area (Å²) in [4.78, 5) is 0. The summed E-state index contributed by atoms with van der Waals surface area (Å²) < 4.78 is 8.79. The van der Waals surface area contributed by atoms with E-state index in [0.29, 0.717) is 0 Å².